The lowest BCUT2D eigenvalue weighted by molar-refractivity contribution is 0.175. The predicted molar refractivity (Wildman–Crippen MR) is 90.7 cm³/mol. The molecule has 0 amide bonds. The van der Waals surface area contributed by atoms with E-state index in [0.717, 1.165) is 29.9 Å². The van der Waals surface area contributed by atoms with Crippen LogP contribution >= 0.6 is 15.9 Å². The third-order valence-electron chi connectivity index (χ3n) is 3.24. The number of halogens is 1. The van der Waals surface area contributed by atoms with Gasteiger partial charge < -0.3 is 10.1 Å². The molecule has 0 radical (unpaired) electrons. The second kappa shape index (κ2) is 8.04. The number of nitrogens with one attached hydrogen (secondary N) is 1. The van der Waals surface area contributed by atoms with Crippen LogP contribution in [0.2, 0.25) is 0 Å². The molecule has 0 fully saturated rings. The fourth-order valence-electron chi connectivity index (χ4n) is 2.03. The average molecular weight is 342 g/mol. The van der Waals surface area contributed by atoms with E-state index in [-0.39, 0.29) is 5.41 Å². The highest BCUT2D eigenvalue weighted by molar-refractivity contribution is 9.10. The standard InChI is InChI=1S/C17H28BrNO/c1-6-9-19-11-17(4,5)12-20-16-8-7-14(18)10-15(16)13(2)3/h7-8,10,13,19H,6,9,11-12H2,1-5H3. The van der Waals surface area contributed by atoms with E-state index in [1.807, 2.05) is 6.07 Å². The maximum absolute atomic E-state index is 6.09. The van der Waals surface area contributed by atoms with Gasteiger partial charge in [0.2, 0.25) is 0 Å². The van der Waals surface area contributed by atoms with E-state index in [1.54, 1.807) is 0 Å². The smallest absolute Gasteiger partial charge is 0.122 e. The Morgan fingerprint density at radius 2 is 2.00 bits per heavy atom. The average Bonchev–Trinajstić information content (AvgIpc) is 2.37. The molecule has 0 saturated heterocycles. The topological polar surface area (TPSA) is 21.3 Å². The molecule has 0 spiro atoms. The molecule has 0 atom stereocenters. The van der Waals surface area contributed by atoms with Gasteiger partial charge in [-0.05, 0) is 42.6 Å². The van der Waals surface area contributed by atoms with Gasteiger partial charge in [-0.3, -0.25) is 0 Å². The summed E-state index contributed by atoms with van der Waals surface area (Å²) in [6.45, 7) is 13.8. The third kappa shape index (κ3) is 5.84. The molecule has 114 valence electrons. The summed E-state index contributed by atoms with van der Waals surface area (Å²) in [4.78, 5) is 0. The molecule has 1 N–H and O–H groups in total. The Bertz CT molecular complexity index is 415. The van der Waals surface area contributed by atoms with Crippen LogP contribution in [0.3, 0.4) is 0 Å². The van der Waals surface area contributed by atoms with Crippen LogP contribution in [0.4, 0.5) is 0 Å². The van der Waals surface area contributed by atoms with Gasteiger partial charge in [-0.2, -0.15) is 0 Å². The molecular weight excluding hydrogens is 314 g/mol. The Labute approximate surface area is 132 Å². The molecular formula is C17H28BrNO. The largest absolute Gasteiger partial charge is 0.493 e. The number of benzene rings is 1. The minimum absolute atomic E-state index is 0.135. The zero-order valence-corrected chi connectivity index (χ0v) is 15.0. The summed E-state index contributed by atoms with van der Waals surface area (Å²) in [5.74, 6) is 1.47. The maximum atomic E-state index is 6.09. The van der Waals surface area contributed by atoms with Gasteiger partial charge in [0.1, 0.15) is 5.75 Å². The summed E-state index contributed by atoms with van der Waals surface area (Å²) in [6.07, 6.45) is 1.17. The van der Waals surface area contributed by atoms with Crippen molar-refractivity contribution in [2.24, 2.45) is 5.41 Å². The monoisotopic (exact) mass is 341 g/mol. The van der Waals surface area contributed by atoms with E-state index >= 15 is 0 Å². The lowest BCUT2D eigenvalue weighted by Gasteiger charge is -2.26. The number of ether oxygens (including phenoxy) is 1. The molecule has 0 aliphatic rings. The van der Waals surface area contributed by atoms with Crippen LogP contribution in [0.5, 0.6) is 5.75 Å². The van der Waals surface area contributed by atoms with E-state index in [0.29, 0.717) is 5.92 Å². The van der Waals surface area contributed by atoms with Gasteiger partial charge in [-0.25, -0.2) is 0 Å². The molecule has 1 aromatic carbocycles. The summed E-state index contributed by atoms with van der Waals surface area (Å²) < 4.78 is 7.20. The van der Waals surface area contributed by atoms with E-state index in [9.17, 15) is 0 Å². The molecule has 1 rings (SSSR count). The Morgan fingerprint density at radius 1 is 1.30 bits per heavy atom. The first-order chi connectivity index (χ1) is 9.35. The van der Waals surface area contributed by atoms with Gasteiger partial charge in [0.15, 0.2) is 0 Å². The zero-order valence-electron chi connectivity index (χ0n) is 13.4. The third-order valence-corrected chi connectivity index (χ3v) is 3.74. The molecule has 2 nitrogen and oxygen atoms in total. The molecule has 1 aromatic rings. The van der Waals surface area contributed by atoms with Crippen molar-refractivity contribution >= 4 is 15.9 Å². The van der Waals surface area contributed by atoms with Gasteiger partial charge in [0.05, 0.1) is 6.61 Å². The van der Waals surface area contributed by atoms with Gasteiger partial charge in [0.25, 0.3) is 0 Å². The molecule has 0 aliphatic carbocycles. The molecule has 0 heterocycles. The lowest BCUT2D eigenvalue weighted by atomic mass is 9.94. The van der Waals surface area contributed by atoms with Crippen molar-refractivity contribution in [1.82, 2.24) is 5.32 Å². The van der Waals surface area contributed by atoms with Crippen LogP contribution in [0.1, 0.15) is 52.5 Å². The normalized spacial score (nSPS) is 11.9. The quantitative estimate of drug-likeness (QED) is 0.673. The molecule has 0 aromatic heterocycles. The van der Waals surface area contributed by atoms with Gasteiger partial charge in [0, 0.05) is 16.4 Å². The van der Waals surface area contributed by atoms with E-state index in [1.165, 1.54) is 12.0 Å². The van der Waals surface area contributed by atoms with Crippen LogP contribution in [0.25, 0.3) is 0 Å². The molecule has 0 bridgehead atoms. The van der Waals surface area contributed by atoms with Crippen molar-refractivity contribution in [2.45, 2.75) is 47.0 Å². The zero-order chi connectivity index (χ0) is 15.2. The Balaban J connectivity index is 2.64. The maximum Gasteiger partial charge on any atom is 0.122 e. The van der Waals surface area contributed by atoms with Crippen molar-refractivity contribution in [2.75, 3.05) is 19.7 Å². The molecule has 0 saturated carbocycles. The predicted octanol–water partition coefficient (Wildman–Crippen LogP) is 4.98. The van der Waals surface area contributed by atoms with Crippen molar-refractivity contribution in [1.29, 1.82) is 0 Å². The second-order valence-corrected chi connectivity index (χ2v) is 7.38. The van der Waals surface area contributed by atoms with Crippen LogP contribution < -0.4 is 10.1 Å². The Kier molecular flexibility index (Phi) is 7.04. The molecule has 0 unspecified atom stereocenters. The van der Waals surface area contributed by atoms with Crippen molar-refractivity contribution in [3.63, 3.8) is 0 Å². The van der Waals surface area contributed by atoms with Crippen LogP contribution in [-0.2, 0) is 0 Å². The van der Waals surface area contributed by atoms with Gasteiger partial charge >= 0.3 is 0 Å². The fourth-order valence-corrected chi connectivity index (χ4v) is 2.41. The van der Waals surface area contributed by atoms with Crippen LogP contribution in [-0.4, -0.2) is 19.7 Å². The number of hydrogen-bond donors (Lipinski definition) is 1. The number of rotatable bonds is 8. The highest BCUT2D eigenvalue weighted by Crippen LogP contribution is 2.30. The number of hydrogen-bond acceptors (Lipinski definition) is 2. The highest BCUT2D eigenvalue weighted by atomic mass is 79.9. The van der Waals surface area contributed by atoms with Crippen molar-refractivity contribution in [3.05, 3.63) is 28.2 Å². The van der Waals surface area contributed by atoms with Crippen LogP contribution in [0.15, 0.2) is 22.7 Å². The SMILES string of the molecule is CCCNCC(C)(C)COc1ccc(Br)cc1C(C)C. The highest BCUT2D eigenvalue weighted by Gasteiger charge is 2.19. The van der Waals surface area contributed by atoms with E-state index in [4.69, 9.17) is 4.74 Å². The van der Waals surface area contributed by atoms with Gasteiger partial charge in [-0.15, -0.1) is 0 Å². The van der Waals surface area contributed by atoms with E-state index in [2.05, 4.69) is 68.0 Å². The Morgan fingerprint density at radius 3 is 2.60 bits per heavy atom. The first kappa shape index (κ1) is 17.5. The minimum Gasteiger partial charge on any atom is -0.493 e. The second-order valence-electron chi connectivity index (χ2n) is 6.47. The Hall–Kier alpha value is -0.540. The van der Waals surface area contributed by atoms with E-state index < -0.39 is 0 Å². The lowest BCUT2D eigenvalue weighted by Crippen LogP contribution is -2.34. The summed E-state index contributed by atoms with van der Waals surface area (Å²) in [6, 6.07) is 6.26. The fraction of sp³-hybridized carbons (Fsp3) is 0.647. The first-order valence-corrected chi connectivity index (χ1v) is 8.28. The van der Waals surface area contributed by atoms with Crippen LogP contribution in [0, 0.1) is 5.41 Å². The van der Waals surface area contributed by atoms with Gasteiger partial charge in [-0.1, -0.05) is 50.5 Å². The molecule has 20 heavy (non-hydrogen) atoms. The molecule has 0 aliphatic heterocycles. The minimum atomic E-state index is 0.135. The van der Waals surface area contributed by atoms with Crippen molar-refractivity contribution in [3.8, 4) is 5.75 Å². The summed E-state index contributed by atoms with van der Waals surface area (Å²) in [5.41, 5.74) is 1.40. The summed E-state index contributed by atoms with van der Waals surface area (Å²) >= 11 is 3.53. The first-order valence-electron chi connectivity index (χ1n) is 7.48. The summed E-state index contributed by atoms with van der Waals surface area (Å²) in [5, 5.41) is 3.47. The molecule has 3 heteroatoms. The summed E-state index contributed by atoms with van der Waals surface area (Å²) in [7, 11) is 0. The van der Waals surface area contributed by atoms with Crippen molar-refractivity contribution < 1.29 is 4.74 Å².